The predicted molar refractivity (Wildman–Crippen MR) is 100 cm³/mol. The number of ketones is 1. The van der Waals surface area contributed by atoms with Crippen LogP contribution in [0.1, 0.15) is 28.8 Å². The second-order valence-corrected chi connectivity index (χ2v) is 6.59. The van der Waals surface area contributed by atoms with Gasteiger partial charge in [-0.2, -0.15) is 0 Å². The number of nitrogens with two attached hydrogens (primary N) is 1. The van der Waals surface area contributed by atoms with Gasteiger partial charge in [-0.3, -0.25) is 14.4 Å². The lowest BCUT2D eigenvalue weighted by Gasteiger charge is -2.31. The molecule has 1 saturated heterocycles. The first-order valence-electron chi connectivity index (χ1n) is 8.94. The zero-order chi connectivity index (χ0) is 19.2. The molecule has 2 aromatic rings. The SMILES string of the molecule is NC(=O)C1CCCN(C(=O)COc2ccc(C(=O)c3ccccc3)cc2)C1. The lowest BCUT2D eigenvalue weighted by atomic mass is 9.97. The predicted octanol–water partition coefficient (Wildman–Crippen LogP) is 2.02. The number of piperidine rings is 1. The highest BCUT2D eigenvalue weighted by Gasteiger charge is 2.27. The number of likely N-dealkylation sites (tertiary alicyclic amines) is 1. The minimum Gasteiger partial charge on any atom is -0.484 e. The molecule has 1 aliphatic rings. The molecule has 0 bridgehead atoms. The molecule has 1 atom stereocenters. The molecule has 27 heavy (non-hydrogen) atoms. The molecular weight excluding hydrogens is 344 g/mol. The minimum atomic E-state index is -0.368. The van der Waals surface area contributed by atoms with E-state index in [1.807, 2.05) is 18.2 Å². The van der Waals surface area contributed by atoms with Crippen molar-refractivity contribution in [3.05, 3.63) is 65.7 Å². The number of hydrogen-bond donors (Lipinski definition) is 1. The molecule has 1 fully saturated rings. The molecule has 1 unspecified atom stereocenters. The summed E-state index contributed by atoms with van der Waals surface area (Å²) in [6.07, 6.45) is 1.48. The van der Waals surface area contributed by atoms with Crippen LogP contribution in [0.3, 0.4) is 0 Å². The molecule has 2 amide bonds. The minimum absolute atomic E-state index is 0.0657. The lowest BCUT2D eigenvalue weighted by Crippen LogP contribution is -2.45. The van der Waals surface area contributed by atoms with E-state index in [0.29, 0.717) is 30.0 Å². The molecule has 0 radical (unpaired) electrons. The van der Waals surface area contributed by atoms with Gasteiger partial charge in [0, 0.05) is 24.2 Å². The Bertz CT molecular complexity index is 818. The molecule has 0 aromatic heterocycles. The average molecular weight is 366 g/mol. The van der Waals surface area contributed by atoms with Gasteiger partial charge in [-0.1, -0.05) is 30.3 Å². The van der Waals surface area contributed by atoms with E-state index >= 15 is 0 Å². The van der Waals surface area contributed by atoms with E-state index in [-0.39, 0.29) is 30.1 Å². The Hall–Kier alpha value is -3.15. The lowest BCUT2D eigenvalue weighted by molar-refractivity contribution is -0.136. The van der Waals surface area contributed by atoms with Crippen LogP contribution in [-0.4, -0.2) is 42.2 Å². The van der Waals surface area contributed by atoms with Gasteiger partial charge in [0.05, 0.1) is 5.92 Å². The van der Waals surface area contributed by atoms with E-state index in [0.717, 1.165) is 12.8 Å². The first-order chi connectivity index (χ1) is 13.0. The Labute approximate surface area is 157 Å². The van der Waals surface area contributed by atoms with Gasteiger partial charge < -0.3 is 15.4 Å². The summed E-state index contributed by atoms with van der Waals surface area (Å²) >= 11 is 0. The van der Waals surface area contributed by atoms with Crippen molar-refractivity contribution in [1.29, 1.82) is 0 Å². The molecule has 6 heteroatoms. The molecule has 1 heterocycles. The van der Waals surface area contributed by atoms with Crippen molar-refractivity contribution >= 4 is 17.6 Å². The molecule has 0 aliphatic carbocycles. The van der Waals surface area contributed by atoms with Gasteiger partial charge in [-0.25, -0.2) is 0 Å². The summed E-state index contributed by atoms with van der Waals surface area (Å²) in [5.41, 5.74) is 6.52. The highest BCUT2D eigenvalue weighted by Crippen LogP contribution is 2.18. The molecule has 140 valence electrons. The van der Waals surface area contributed by atoms with E-state index < -0.39 is 0 Å². The van der Waals surface area contributed by atoms with E-state index in [9.17, 15) is 14.4 Å². The van der Waals surface area contributed by atoms with Gasteiger partial charge in [0.2, 0.25) is 5.91 Å². The number of carbonyl (C=O) groups is 3. The fourth-order valence-corrected chi connectivity index (χ4v) is 3.13. The zero-order valence-corrected chi connectivity index (χ0v) is 15.0. The van der Waals surface area contributed by atoms with Gasteiger partial charge in [0.25, 0.3) is 5.91 Å². The monoisotopic (exact) mass is 366 g/mol. The van der Waals surface area contributed by atoms with Crippen LogP contribution in [0.25, 0.3) is 0 Å². The molecule has 6 nitrogen and oxygen atoms in total. The number of hydrogen-bond acceptors (Lipinski definition) is 4. The first-order valence-corrected chi connectivity index (χ1v) is 8.94. The van der Waals surface area contributed by atoms with Crippen LogP contribution in [-0.2, 0) is 9.59 Å². The second-order valence-electron chi connectivity index (χ2n) is 6.59. The fraction of sp³-hybridized carbons (Fsp3) is 0.286. The normalized spacial score (nSPS) is 16.6. The van der Waals surface area contributed by atoms with Crippen LogP contribution < -0.4 is 10.5 Å². The van der Waals surface area contributed by atoms with E-state index in [1.54, 1.807) is 41.3 Å². The van der Waals surface area contributed by atoms with E-state index in [1.165, 1.54) is 0 Å². The topological polar surface area (TPSA) is 89.7 Å². The van der Waals surface area contributed by atoms with Crippen molar-refractivity contribution in [2.24, 2.45) is 11.7 Å². The van der Waals surface area contributed by atoms with E-state index in [4.69, 9.17) is 10.5 Å². The quantitative estimate of drug-likeness (QED) is 0.792. The molecule has 2 aromatic carbocycles. The summed E-state index contributed by atoms with van der Waals surface area (Å²) in [6, 6.07) is 15.7. The van der Waals surface area contributed by atoms with Gasteiger partial charge >= 0.3 is 0 Å². The van der Waals surface area contributed by atoms with Crippen molar-refractivity contribution < 1.29 is 19.1 Å². The summed E-state index contributed by atoms with van der Waals surface area (Å²) in [6.45, 7) is 0.843. The van der Waals surface area contributed by atoms with Crippen LogP contribution in [0.5, 0.6) is 5.75 Å². The molecular formula is C21H22N2O4. The maximum atomic E-state index is 12.4. The molecule has 2 N–H and O–H groups in total. The van der Waals surface area contributed by atoms with E-state index in [2.05, 4.69) is 0 Å². The summed E-state index contributed by atoms with van der Waals surface area (Å²) in [4.78, 5) is 37.6. The van der Waals surface area contributed by atoms with Gasteiger partial charge in [-0.05, 0) is 37.1 Å². The first kappa shape index (κ1) is 18.6. The average Bonchev–Trinajstić information content (AvgIpc) is 2.72. The van der Waals surface area contributed by atoms with Gasteiger partial charge in [-0.15, -0.1) is 0 Å². The zero-order valence-electron chi connectivity index (χ0n) is 15.0. The van der Waals surface area contributed by atoms with Crippen molar-refractivity contribution in [2.45, 2.75) is 12.8 Å². The summed E-state index contributed by atoms with van der Waals surface area (Å²) in [7, 11) is 0. The Kier molecular flexibility index (Phi) is 5.86. The highest BCUT2D eigenvalue weighted by atomic mass is 16.5. The van der Waals surface area contributed by atoms with Crippen LogP contribution in [0.15, 0.2) is 54.6 Å². The third-order valence-electron chi connectivity index (χ3n) is 4.69. The maximum absolute atomic E-state index is 12.4. The Balaban J connectivity index is 1.55. The smallest absolute Gasteiger partial charge is 0.260 e. The number of nitrogens with zero attached hydrogens (tertiary/aromatic N) is 1. The van der Waals surface area contributed by atoms with Crippen LogP contribution in [0.4, 0.5) is 0 Å². The van der Waals surface area contributed by atoms with Gasteiger partial charge in [0.1, 0.15) is 5.75 Å². The summed E-state index contributed by atoms with van der Waals surface area (Å²) < 4.78 is 5.54. The van der Waals surface area contributed by atoms with Crippen molar-refractivity contribution in [1.82, 2.24) is 4.90 Å². The van der Waals surface area contributed by atoms with Crippen LogP contribution in [0.2, 0.25) is 0 Å². The number of ether oxygens (including phenoxy) is 1. The number of rotatable bonds is 6. The van der Waals surface area contributed by atoms with Crippen molar-refractivity contribution in [3.8, 4) is 5.75 Å². The third-order valence-corrected chi connectivity index (χ3v) is 4.69. The molecule has 3 rings (SSSR count). The summed E-state index contributed by atoms with van der Waals surface area (Å²) in [5.74, 6) is -0.385. The van der Waals surface area contributed by atoms with Crippen LogP contribution >= 0.6 is 0 Å². The number of benzene rings is 2. The van der Waals surface area contributed by atoms with Gasteiger partial charge in [0.15, 0.2) is 12.4 Å². The number of carbonyl (C=O) groups excluding carboxylic acids is 3. The second kappa shape index (κ2) is 8.49. The highest BCUT2D eigenvalue weighted by molar-refractivity contribution is 6.08. The Morgan fingerprint density at radius 3 is 2.33 bits per heavy atom. The van der Waals surface area contributed by atoms with Crippen molar-refractivity contribution in [3.63, 3.8) is 0 Å². The Morgan fingerprint density at radius 1 is 1.00 bits per heavy atom. The number of primary amides is 1. The standard InChI is InChI=1S/C21H22N2O4/c22-21(26)17-7-4-12-23(13-17)19(24)14-27-18-10-8-16(9-11-18)20(25)15-5-2-1-3-6-15/h1-3,5-6,8-11,17H,4,7,12-14H2,(H2,22,26). The van der Waals surface area contributed by atoms with Crippen LogP contribution in [0, 0.1) is 5.92 Å². The fourth-order valence-electron chi connectivity index (χ4n) is 3.13. The molecule has 0 spiro atoms. The largest absolute Gasteiger partial charge is 0.484 e. The maximum Gasteiger partial charge on any atom is 0.260 e. The third kappa shape index (κ3) is 4.73. The Morgan fingerprint density at radius 2 is 1.67 bits per heavy atom. The molecule has 1 aliphatic heterocycles. The van der Waals surface area contributed by atoms with Crippen molar-refractivity contribution in [2.75, 3.05) is 19.7 Å². The number of amides is 2. The summed E-state index contributed by atoms with van der Waals surface area (Å²) in [5, 5.41) is 0. The molecule has 0 saturated carbocycles.